The van der Waals surface area contributed by atoms with E-state index in [1.807, 2.05) is 13.0 Å². The smallest absolute Gasteiger partial charge is 0.337 e. The van der Waals surface area contributed by atoms with E-state index < -0.39 is 5.97 Å². The molecule has 18 heavy (non-hydrogen) atoms. The quantitative estimate of drug-likeness (QED) is 0.888. The largest absolute Gasteiger partial charge is 0.478 e. The van der Waals surface area contributed by atoms with Gasteiger partial charge in [-0.3, -0.25) is 0 Å². The summed E-state index contributed by atoms with van der Waals surface area (Å²) in [6.45, 7) is 2.68. The molecular formula is C13H12BrNO2S. The van der Waals surface area contributed by atoms with Crippen LogP contribution in [0.15, 0.2) is 33.4 Å². The van der Waals surface area contributed by atoms with Crippen molar-refractivity contribution in [1.82, 2.24) is 0 Å². The van der Waals surface area contributed by atoms with Crippen LogP contribution in [0, 0.1) is 6.92 Å². The number of carboxylic acids is 1. The van der Waals surface area contributed by atoms with Gasteiger partial charge in [0.15, 0.2) is 0 Å². The van der Waals surface area contributed by atoms with E-state index in [0.717, 1.165) is 4.47 Å². The number of hydrogen-bond acceptors (Lipinski definition) is 3. The summed E-state index contributed by atoms with van der Waals surface area (Å²) in [5.74, 6) is -0.930. The Balaban J connectivity index is 2.19. The minimum atomic E-state index is -0.930. The van der Waals surface area contributed by atoms with Gasteiger partial charge in [0.1, 0.15) is 0 Å². The van der Waals surface area contributed by atoms with Crippen LogP contribution >= 0.6 is 27.3 Å². The molecule has 0 amide bonds. The van der Waals surface area contributed by atoms with Gasteiger partial charge in [0, 0.05) is 16.7 Å². The predicted molar refractivity (Wildman–Crippen MR) is 77.5 cm³/mol. The third-order valence-electron chi connectivity index (χ3n) is 2.64. The highest BCUT2D eigenvalue weighted by molar-refractivity contribution is 9.10. The van der Waals surface area contributed by atoms with Gasteiger partial charge in [0.05, 0.1) is 5.56 Å². The maximum Gasteiger partial charge on any atom is 0.337 e. The molecule has 1 heterocycles. The van der Waals surface area contributed by atoms with Crippen LogP contribution in [0.25, 0.3) is 0 Å². The van der Waals surface area contributed by atoms with Crippen molar-refractivity contribution < 1.29 is 9.90 Å². The van der Waals surface area contributed by atoms with E-state index >= 15 is 0 Å². The zero-order valence-corrected chi connectivity index (χ0v) is 12.1. The summed E-state index contributed by atoms with van der Waals surface area (Å²) in [6, 6.07) is 5.20. The van der Waals surface area contributed by atoms with Crippen LogP contribution in [0.1, 0.15) is 21.5 Å². The molecule has 0 spiro atoms. The molecule has 0 aliphatic carbocycles. The molecule has 2 N–H and O–H groups in total. The highest BCUT2D eigenvalue weighted by Gasteiger charge is 2.10. The van der Waals surface area contributed by atoms with E-state index in [4.69, 9.17) is 5.11 Å². The Bertz CT molecular complexity index is 580. The number of hydrogen-bond donors (Lipinski definition) is 2. The Kier molecular flexibility index (Phi) is 4.04. The van der Waals surface area contributed by atoms with Gasteiger partial charge in [-0.05, 0) is 47.0 Å². The first kappa shape index (κ1) is 13.1. The molecule has 0 saturated heterocycles. The molecule has 94 valence electrons. The van der Waals surface area contributed by atoms with Crippen molar-refractivity contribution >= 4 is 38.9 Å². The molecule has 0 unspecified atom stereocenters. The van der Waals surface area contributed by atoms with E-state index in [1.54, 1.807) is 23.5 Å². The summed E-state index contributed by atoms with van der Waals surface area (Å²) in [4.78, 5) is 11.1. The Labute approximate surface area is 118 Å². The van der Waals surface area contributed by atoms with Crippen LogP contribution in [0.2, 0.25) is 0 Å². The fourth-order valence-corrected chi connectivity index (χ4v) is 2.82. The van der Waals surface area contributed by atoms with Gasteiger partial charge in [-0.1, -0.05) is 15.9 Å². The zero-order chi connectivity index (χ0) is 13.1. The molecule has 3 nitrogen and oxygen atoms in total. The summed E-state index contributed by atoms with van der Waals surface area (Å²) in [6.07, 6.45) is 0. The van der Waals surface area contributed by atoms with Gasteiger partial charge in [0.25, 0.3) is 0 Å². The lowest BCUT2D eigenvalue weighted by atomic mass is 10.1. The van der Waals surface area contributed by atoms with Crippen molar-refractivity contribution in [2.75, 3.05) is 5.32 Å². The van der Waals surface area contributed by atoms with Gasteiger partial charge in [-0.2, -0.15) is 11.3 Å². The lowest BCUT2D eigenvalue weighted by Gasteiger charge is -2.09. The number of aromatic carboxylic acids is 1. The second-order valence-corrected chi connectivity index (χ2v) is 5.59. The molecule has 1 aromatic carbocycles. The Morgan fingerprint density at radius 1 is 1.44 bits per heavy atom. The van der Waals surface area contributed by atoms with Crippen molar-refractivity contribution in [3.63, 3.8) is 0 Å². The summed E-state index contributed by atoms with van der Waals surface area (Å²) in [5.41, 5.74) is 3.33. The van der Waals surface area contributed by atoms with Crippen LogP contribution in [0.3, 0.4) is 0 Å². The molecule has 0 bridgehead atoms. The lowest BCUT2D eigenvalue weighted by Crippen LogP contribution is -2.06. The SMILES string of the molecule is Cc1cscc1CNc1ccc(Br)cc1C(=O)O. The number of carboxylic acid groups (broad SMARTS) is 1. The van der Waals surface area contributed by atoms with Gasteiger partial charge in [0.2, 0.25) is 0 Å². The first-order valence-corrected chi connectivity index (χ1v) is 7.10. The van der Waals surface area contributed by atoms with E-state index in [9.17, 15) is 4.79 Å². The van der Waals surface area contributed by atoms with Crippen LogP contribution in [-0.4, -0.2) is 11.1 Å². The van der Waals surface area contributed by atoms with E-state index in [2.05, 4.69) is 32.0 Å². The summed E-state index contributed by atoms with van der Waals surface area (Å²) in [5, 5.41) is 16.5. The number of halogens is 1. The van der Waals surface area contributed by atoms with Gasteiger partial charge in [-0.15, -0.1) is 0 Å². The maximum atomic E-state index is 11.1. The minimum Gasteiger partial charge on any atom is -0.478 e. The average Bonchev–Trinajstić information content (AvgIpc) is 2.73. The van der Waals surface area contributed by atoms with Crippen LogP contribution in [0.5, 0.6) is 0 Å². The molecule has 0 aliphatic heterocycles. The third-order valence-corrected chi connectivity index (χ3v) is 4.05. The second-order valence-electron chi connectivity index (χ2n) is 3.93. The van der Waals surface area contributed by atoms with E-state index in [-0.39, 0.29) is 5.56 Å². The van der Waals surface area contributed by atoms with Gasteiger partial charge in [-0.25, -0.2) is 4.79 Å². The molecule has 0 fully saturated rings. The first-order valence-electron chi connectivity index (χ1n) is 5.36. The Morgan fingerprint density at radius 2 is 2.22 bits per heavy atom. The maximum absolute atomic E-state index is 11.1. The average molecular weight is 326 g/mol. The first-order chi connectivity index (χ1) is 8.58. The number of benzene rings is 1. The Hall–Kier alpha value is -1.33. The zero-order valence-electron chi connectivity index (χ0n) is 9.74. The van der Waals surface area contributed by atoms with Crippen molar-refractivity contribution in [1.29, 1.82) is 0 Å². The predicted octanol–water partition coefficient (Wildman–Crippen LogP) is 4.13. The lowest BCUT2D eigenvalue weighted by molar-refractivity contribution is 0.0698. The molecule has 1 aromatic heterocycles. The number of aryl methyl sites for hydroxylation is 1. The second kappa shape index (κ2) is 5.54. The monoisotopic (exact) mass is 325 g/mol. The fraction of sp³-hybridized carbons (Fsp3) is 0.154. The van der Waals surface area contributed by atoms with Gasteiger partial charge >= 0.3 is 5.97 Å². The fourth-order valence-electron chi connectivity index (χ4n) is 1.61. The minimum absolute atomic E-state index is 0.275. The summed E-state index contributed by atoms with van der Waals surface area (Å²) < 4.78 is 0.761. The molecule has 0 radical (unpaired) electrons. The standard InChI is InChI=1S/C13H12BrNO2S/c1-8-6-18-7-9(8)5-15-12-3-2-10(14)4-11(12)13(16)17/h2-4,6-7,15H,5H2,1H3,(H,16,17). The number of carbonyl (C=O) groups is 1. The molecule has 2 aromatic rings. The highest BCUT2D eigenvalue weighted by Crippen LogP contribution is 2.23. The van der Waals surface area contributed by atoms with Crippen LogP contribution in [0.4, 0.5) is 5.69 Å². The van der Waals surface area contributed by atoms with Gasteiger partial charge < -0.3 is 10.4 Å². The normalized spacial score (nSPS) is 10.3. The van der Waals surface area contributed by atoms with Crippen LogP contribution < -0.4 is 5.32 Å². The third kappa shape index (κ3) is 2.91. The number of rotatable bonds is 4. The number of anilines is 1. The summed E-state index contributed by atoms with van der Waals surface area (Å²) >= 11 is 4.93. The van der Waals surface area contributed by atoms with E-state index in [0.29, 0.717) is 12.2 Å². The molecule has 0 aliphatic rings. The molecule has 2 rings (SSSR count). The van der Waals surface area contributed by atoms with Crippen LogP contribution in [-0.2, 0) is 6.54 Å². The molecule has 5 heteroatoms. The summed E-state index contributed by atoms with van der Waals surface area (Å²) in [7, 11) is 0. The molecular weight excluding hydrogens is 314 g/mol. The van der Waals surface area contributed by atoms with Crippen molar-refractivity contribution in [2.45, 2.75) is 13.5 Å². The molecule has 0 atom stereocenters. The topological polar surface area (TPSA) is 49.3 Å². The number of thiophene rings is 1. The van der Waals surface area contributed by atoms with Crippen molar-refractivity contribution in [3.05, 3.63) is 50.1 Å². The van der Waals surface area contributed by atoms with E-state index in [1.165, 1.54) is 11.1 Å². The highest BCUT2D eigenvalue weighted by atomic mass is 79.9. The van der Waals surface area contributed by atoms with Crippen molar-refractivity contribution in [2.24, 2.45) is 0 Å². The Morgan fingerprint density at radius 3 is 2.83 bits per heavy atom. The number of nitrogens with one attached hydrogen (secondary N) is 1. The van der Waals surface area contributed by atoms with Crippen molar-refractivity contribution in [3.8, 4) is 0 Å². The molecule has 0 saturated carbocycles.